The van der Waals surface area contributed by atoms with Gasteiger partial charge in [0.2, 0.25) is 5.91 Å². The normalized spacial score (nSPS) is 15.3. The molecule has 10 heteroatoms. The van der Waals surface area contributed by atoms with E-state index in [1.54, 1.807) is 39.8 Å². The van der Waals surface area contributed by atoms with Gasteiger partial charge in [0, 0.05) is 17.5 Å². The lowest BCUT2D eigenvalue weighted by Crippen LogP contribution is -2.34. The summed E-state index contributed by atoms with van der Waals surface area (Å²) in [5.41, 5.74) is -0.416. The number of fused-ring (bicyclic) bond motifs is 1. The SMILES string of the molecule is CC(NC(=O)Cn1nc(C(F)(F)F)c2c1CCCC2)c1cccn1C(=O)OC(C)(C)C. The first-order chi connectivity index (χ1) is 14.4. The Labute approximate surface area is 178 Å². The Hall–Kier alpha value is -2.78. The zero-order chi connectivity index (χ0) is 23.0. The van der Waals surface area contributed by atoms with Gasteiger partial charge in [-0.25, -0.2) is 4.79 Å². The molecule has 1 aliphatic carbocycles. The van der Waals surface area contributed by atoms with E-state index in [0.29, 0.717) is 30.7 Å². The summed E-state index contributed by atoms with van der Waals surface area (Å²) in [6, 6.07) is 2.76. The molecule has 0 bridgehead atoms. The molecule has 0 spiro atoms. The van der Waals surface area contributed by atoms with Gasteiger partial charge in [-0.05, 0) is 65.5 Å². The van der Waals surface area contributed by atoms with Gasteiger partial charge in [0.15, 0.2) is 5.69 Å². The van der Waals surface area contributed by atoms with Gasteiger partial charge >= 0.3 is 12.3 Å². The van der Waals surface area contributed by atoms with E-state index in [4.69, 9.17) is 4.74 Å². The Bertz CT molecular complexity index is 970. The molecule has 0 aliphatic heterocycles. The zero-order valence-electron chi connectivity index (χ0n) is 18.0. The molecular weight excluding hydrogens is 413 g/mol. The molecule has 0 saturated heterocycles. The number of aromatic nitrogens is 3. The summed E-state index contributed by atoms with van der Waals surface area (Å²) in [7, 11) is 0. The van der Waals surface area contributed by atoms with Crippen molar-refractivity contribution < 1.29 is 27.5 Å². The van der Waals surface area contributed by atoms with Crippen molar-refractivity contribution in [1.82, 2.24) is 19.7 Å². The molecule has 0 aromatic carbocycles. The fraction of sp³-hybridized carbons (Fsp3) is 0.571. The number of nitrogens with one attached hydrogen (secondary N) is 1. The third-order valence-electron chi connectivity index (χ3n) is 5.01. The Morgan fingerprint density at radius 1 is 1.23 bits per heavy atom. The molecule has 2 heterocycles. The van der Waals surface area contributed by atoms with Gasteiger partial charge in [0.05, 0.1) is 11.7 Å². The lowest BCUT2D eigenvalue weighted by molar-refractivity contribution is -0.142. The van der Waals surface area contributed by atoms with Crippen molar-refractivity contribution in [3.8, 4) is 0 Å². The lowest BCUT2D eigenvalue weighted by atomic mass is 9.95. The van der Waals surface area contributed by atoms with Gasteiger partial charge in [-0.3, -0.25) is 14.0 Å². The van der Waals surface area contributed by atoms with Crippen molar-refractivity contribution in [1.29, 1.82) is 0 Å². The summed E-state index contributed by atoms with van der Waals surface area (Å²) in [6.45, 7) is 6.61. The Morgan fingerprint density at radius 3 is 2.55 bits per heavy atom. The Kier molecular flexibility index (Phi) is 6.20. The number of alkyl halides is 3. The van der Waals surface area contributed by atoms with Gasteiger partial charge < -0.3 is 10.1 Å². The third kappa shape index (κ3) is 5.29. The number of hydrogen-bond donors (Lipinski definition) is 1. The predicted molar refractivity (Wildman–Crippen MR) is 106 cm³/mol. The summed E-state index contributed by atoms with van der Waals surface area (Å²) in [6.07, 6.45) is -1.39. The Morgan fingerprint density at radius 2 is 1.90 bits per heavy atom. The topological polar surface area (TPSA) is 78.2 Å². The van der Waals surface area contributed by atoms with Crippen LogP contribution in [-0.4, -0.2) is 31.9 Å². The molecule has 7 nitrogen and oxygen atoms in total. The highest BCUT2D eigenvalue weighted by Gasteiger charge is 2.39. The van der Waals surface area contributed by atoms with Gasteiger partial charge in [-0.15, -0.1) is 0 Å². The maximum atomic E-state index is 13.3. The molecule has 1 aliphatic rings. The predicted octanol–water partition coefficient (Wildman–Crippen LogP) is 4.24. The molecule has 0 fully saturated rings. The minimum atomic E-state index is -4.55. The van der Waals surface area contributed by atoms with Crippen molar-refractivity contribution in [3.05, 3.63) is 41.0 Å². The average Bonchev–Trinajstić information content (AvgIpc) is 3.25. The molecule has 2 aromatic heterocycles. The van der Waals surface area contributed by atoms with Crippen molar-refractivity contribution >= 4 is 12.0 Å². The number of rotatable bonds is 4. The van der Waals surface area contributed by atoms with Gasteiger partial charge in [-0.2, -0.15) is 18.3 Å². The molecule has 31 heavy (non-hydrogen) atoms. The number of carbonyl (C=O) groups is 2. The standard InChI is InChI=1S/C21H27F3N4O3/c1-13(15-10-7-11-27(15)19(30)31-20(2,3)4)25-17(29)12-28-16-9-6-5-8-14(16)18(26-28)21(22,23)24/h7,10-11,13H,5-6,8-9,12H2,1-4H3,(H,25,29). The van der Waals surface area contributed by atoms with E-state index in [1.807, 2.05) is 0 Å². The maximum Gasteiger partial charge on any atom is 0.435 e. The van der Waals surface area contributed by atoms with Crippen LogP contribution < -0.4 is 5.32 Å². The van der Waals surface area contributed by atoms with E-state index in [9.17, 15) is 22.8 Å². The first-order valence-electron chi connectivity index (χ1n) is 10.2. The van der Waals surface area contributed by atoms with E-state index < -0.39 is 35.5 Å². The number of amides is 1. The van der Waals surface area contributed by atoms with Gasteiger partial charge in [0.1, 0.15) is 12.1 Å². The van der Waals surface area contributed by atoms with Crippen LogP contribution in [0.25, 0.3) is 0 Å². The third-order valence-corrected chi connectivity index (χ3v) is 5.01. The van der Waals surface area contributed by atoms with Crippen LogP contribution in [-0.2, 0) is 35.1 Å². The van der Waals surface area contributed by atoms with E-state index in [-0.39, 0.29) is 12.1 Å². The molecule has 170 valence electrons. The van der Waals surface area contributed by atoms with Crippen LogP contribution in [0.1, 0.15) is 69.2 Å². The van der Waals surface area contributed by atoms with E-state index >= 15 is 0 Å². The first-order valence-corrected chi connectivity index (χ1v) is 10.2. The van der Waals surface area contributed by atoms with E-state index in [1.165, 1.54) is 10.8 Å². The second-order valence-electron chi connectivity index (χ2n) is 8.71. The van der Waals surface area contributed by atoms with Crippen molar-refractivity contribution in [2.45, 2.75) is 77.7 Å². The minimum absolute atomic E-state index is 0.193. The molecule has 2 aromatic rings. The van der Waals surface area contributed by atoms with Crippen LogP contribution in [0.5, 0.6) is 0 Å². The van der Waals surface area contributed by atoms with Crippen molar-refractivity contribution in [3.63, 3.8) is 0 Å². The van der Waals surface area contributed by atoms with Crippen LogP contribution in [0.3, 0.4) is 0 Å². The monoisotopic (exact) mass is 440 g/mol. The summed E-state index contributed by atoms with van der Waals surface area (Å²) in [4.78, 5) is 25.0. The van der Waals surface area contributed by atoms with Crippen LogP contribution in [0, 0.1) is 0 Å². The quantitative estimate of drug-likeness (QED) is 0.771. The second kappa shape index (κ2) is 8.39. The maximum absolute atomic E-state index is 13.3. The minimum Gasteiger partial charge on any atom is -0.443 e. The number of ether oxygens (including phenoxy) is 1. The van der Waals surface area contributed by atoms with Gasteiger partial charge in [0.25, 0.3) is 0 Å². The largest absolute Gasteiger partial charge is 0.443 e. The molecule has 1 amide bonds. The fourth-order valence-electron chi connectivity index (χ4n) is 3.75. The highest BCUT2D eigenvalue weighted by Crippen LogP contribution is 2.35. The molecule has 1 unspecified atom stereocenters. The Balaban J connectivity index is 1.74. The summed E-state index contributed by atoms with van der Waals surface area (Å²) in [5.74, 6) is -0.492. The van der Waals surface area contributed by atoms with E-state index in [0.717, 1.165) is 11.1 Å². The molecule has 0 saturated carbocycles. The summed E-state index contributed by atoms with van der Waals surface area (Å²) < 4.78 is 47.8. The molecule has 3 rings (SSSR count). The highest BCUT2D eigenvalue weighted by molar-refractivity contribution is 5.77. The van der Waals surface area contributed by atoms with E-state index in [2.05, 4.69) is 10.4 Å². The smallest absolute Gasteiger partial charge is 0.435 e. The fourth-order valence-corrected chi connectivity index (χ4v) is 3.75. The second-order valence-corrected chi connectivity index (χ2v) is 8.71. The number of halogens is 3. The first kappa shape index (κ1) is 22.9. The van der Waals surface area contributed by atoms with Crippen LogP contribution in [0.15, 0.2) is 18.3 Å². The van der Waals surface area contributed by atoms with Gasteiger partial charge in [-0.1, -0.05) is 0 Å². The average molecular weight is 440 g/mol. The number of nitrogens with zero attached hydrogens (tertiary/aromatic N) is 3. The molecule has 0 radical (unpaired) electrons. The molecular formula is C21H27F3N4O3. The number of hydrogen-bond acceptors (Lipinski definition) is 4. The van der Waals surface area contributed by atoms with Crippen LogP contribution in [0.4, 0.5) is 18.0 Å². The summed E-state index contributed by atoms with van der Waals surface area (Å²) >= 11 is 0. The zero-order valence-corrected chi connectivity index (χ0v) is 18.0. The molecule has 1 N–H and O–H groups in total. The summed E-state index contributed by atoms with van der Waals surface area (Å²) in [5, 5.41) is 6.44. The lowest BCUT2D eigenvalue weighted by Gasteiger charge is -2.22. The molecule has 1 atom stereocenters. The van der Waals surface area contributed by atoms with Crippen LogP contribution in [0.2, 0.25) is 0 Å². The van der Waals surface area contributed by atoms with Crippen LogP contribution >= 0.6 is 0 Å². The highest BCUT2D eigenvalue weighted by atomic mass is 19.4. The number of carbonyl (C=O) groups excluding carboxylic acids is 2. The van der Waals surface area contributed by atoms with Crippen molar-refractivity contribution in [2.75, 3.05) is 0 Å². The van der Waals surface area contributed by atoms with Crippen molar-refractivity contribution in [2.24, 2.45) is 0 Å².